The molecule has 2 saturated heterocycles. The summed E-state index contributed by atoms with van der Waals surface area (Å²) in [5, 5.41) is 0. The van der Waals surface area contributed by atoms with E-state index in [0.717, 1.165) is 16.3 Å². The third-order valence-electron chi connectivity index (χ3n) is 4.60. The first-order valence-electron chi connectivity index (χ1n) is 8.23. The summed E-state index contributed by atoms with van der Waals surface area (Å²) < 4.78 is 5.36. The second kappa shape index (κ2) is 7.03. The Morgan fingerprint density at radius 1 is 1.04 bits per heavy atom. The van der Waals surface area contributed by atoms with Crippen molar-refractivity contribution < 1.29 is 23.9 Å². The summed E-state index contributed by atoms with van der Waals surface area (Å²) in [6.07, 6.45) is 0. The Morgan fingerprint density at radius 2 is 1.69 bits per heavy atom. The molecule has 2 aliphatic rings. The minimum Gasteiger partial charge on any atom is -0.495 e. The molecule has 26 heavy (non-hydrogen) atoms. The molecule has 0 unspecified atom stereocenters. The minimum atomic E-state index is -0.960. The normalized spacial score (nSPS) is 18.0. The van der Waals surface area contributed by atoms with Crippen molar-refractivity contribution >= 4 is 29.4 Å². The van der Waals surface area contributed by atoms with Crippen LogP contribution in [0.3, 0.4) is 0 Å². The van der Waals surface area contributed by atoms with E-state index in [2.05, 4.69) is 4.90 Å². The predicted octanol–water partition coefficient (Wildman–Crippen LogP) is -0.236. The molecule has 0 atom stereocenters. The lowest BCUT2D eigenvalue weighted by Crippen LogP contribution is -2.52. The highest BCUT2D eigenvalue weighted by atomic mass is 16.5. The molecule has 1 aromatic carbocycles. The number of hydrogen-bond acceptors (Lipinski definition) is 6. The molecule has 0 saturated carbocycles. The van der Waals surface area contributed by atoms with Gasteiger partial charge < -0.3 is 14.5 Å². The number of hydrogen-bond donors (Lipinski definition) is 0. The number of urea groups is 1. The molecule has 3 rings (SSSR count). The van der Waals surface area contributed by atoms with Gasteiger partial charge in [-0.05, 0) is 12.1 Å². The number of nitrogens with zero attached hydrogens (tertiary/aromatic N) is 4. The Labute approximate surface area is 150 Å². The van der Waals surface area contributed by atoms with Crippen LogP contribution in [0.25, 0.3) is 0 Å². The van der Waals surface area contributed by atoms with Crippen LogP contribution in [0, 0.1) is 0 Å². The summed E-state index contributed by atoms with van der Waals surface area (Å²) >= 11 is 0. The zero-order chi connectivity index (χ0) is 18.8. The zero-order valence-electron chi connectivity index (χ0n) is 14.7. The van der Waals surface area contributed by atoms with Gasteiger partial charge in [0.25, 0.3) is 0 Å². The first-order chi connectivity index (χ1) is 12.4. The second-order valence-corrected chi connectivity index (χ2v) is 6.08. The summed E-state index contributed by atoms with van der Waals surface area (Å²) in [4.78, 5) is 52.7. The number of methoxy groups -OCH3 is 1. The maximum absolute atomic E-state index is 12.4. The molecular weight excluding hydrogens is 340 g/mol. The monoisotopic (exact) mass is 360 g/mol. The van der Waals surface area contributed by atoms with Gasteiger partial charge >= 0.3 is 17.8 Å². The van der Waals surface area contributed by atoms with Crippen LogP contribution in [0.4, 0.5) is 10.5 Å². The van der Waals surface area contributed by atoms with Gasteiger partial charge in [-0.15, -0.1) is 0 Å². The van der Waals surface area contributed by atoms with Crippen LogP contribution >= 0.6 is 0 Å². The zero-order valence-corrected chi connectivity index (χ0v) is 14.7. The lowest BCUT2D eigenvalue weighted by atomic mass is 10.2. The predicted molar refractivity (Wildman–Crippen MR) is 91.7 cm³/mol. The van der Waals surface area contributed by atoms with Crippen LogP contribution < -0.4 is 9.64 Å². The molecule has 0 radical (unpaired) electrons. The lowest BCUT2D eigenvalue weighted by Gasteiger charge is -2.37. The van der Waals surface area contributed by atoms with Crippen molar-refractivity contribution in [2.24, 2.45) is 0 Å². The van der Waals surface area contributed by atoms with E-state index < -0.39 is 24.4 Å². The van der Waals surface area contributed by atoms with E-state index in [4.69, 9.17) is 4.74 Å². The molecule has 1 aromatic rings. The standard InChI is InChI=1S/C17H20N4O5/c1-18-15(23)16(24)21(17(18)25)11-14(22)20-9-7-19(8-10-20)12-5-3-4-6-13(12)26-2/h3-6H,7-11H2,1-2H3. The highest BCUT2D eigenvalue weighted by Crippen LogP contribution is 2.28. The number of para-hydroxylation sites is 2. The second-order valence-electron chi connectivity index (χ2n) is 6.08. The Hall–Kier alpha value is -3.10. The molecule has 9 nitrogen and oxygen atoms in total. The highest BCUT2D eigenvalue weighted by Gasteiger charge is 2.43. The number of imide groups is 2. The number of carbonyl (C=O) groups excluding carboxylic acids is 4. The van der Waals surface area contributed by atoms with Gasteiger partial charge in [0.05, 0.1) is 12.8 Å². The van der Waals surface area contributed by atoms with Crippen molar-refractivity contribution in [3.05, 3.63) is 24.3 Å². The summed E-state index contributed by atoms with van der Waals surface area (Å²) in [5.74, 6) is -1.46. The Kier molecular flexibility index (Phi) is 4.79. The van der Waals surface area contributed by atoms with Crippen molar-refractivity contribution in [2.45, 2.75) is 0 Å². The van der Waals surface area contributed by atoms with E-state index in [9.17, 15) is 19.2 Å². The van der Waals surface area contributed by atoms with Gasteiger partial charge in [0.15, 0.2) is 0 Å². The van der Waals surface area contributed by atoms with E-state index in [1.165, 1.54) is 7.05 Å². The van der Waals surface area contributed by atoms with Gasteiger partial charge in [-0.25, -0.2) is 9.69 Å². The molecule has 9 heteroatoms. The van der Waals surface area contributed by atoms with Crippen molar-refractivity contribution in [3.8, 4) is 5.75 Å². The van der Waals surface area contributed by atoms with Crippen LogP contribution in [-0.4, -0.2) is 85.3 Å². The fourth-order valence-electron chi connectivity index (χ4n) is 3.08. The molecule has 0 aliphatic carbocycles. The van der Waals surface area contributed by atoms with Crippen molar-refractivity contribution in [1.82, 2.24) is 14.7 Å². The van der Waals surface area contributed by atoms with E-state index in [0.29, 0.717) is 31.1 Å². The van der Waals surface area contributed by atoms with Crippen LogP contribution in [0.5, 0.6) is 5.75 Å². The van der Waals surface area contributed by atoms with Crippen molar-refractivity contribution in [2.75, 3.05) is 51.8 Å². The lowest BCUT2D eigenvalue weighted by molar-refractivity contribution is -0.144. The van der Waals surface area contributed by atoms with E-state index in [1.54, 1.807) is 12.0 Å². The molecule has 2 aliphatic heterocycles. The van der Waals surface area contributed by atoms with Crippen LogP contribution in [0.15, 0.2) is 24.3 Å². The van der Waals surface area contributed by atoms with E-state index in [1.807, 2.05) is 24.3 Å². The molecule has 0 bridgehead atoms. The first-order valence-corrected chi connectivity index (χ1v) is 8.23. The SMILES string of the molecule is COc1ccccc1N1CCN(C(=O)CN2C(=O)C(=O)N(C)C2=O)CC1. The molecule has 5 amide bonds. The van der Waals surface area contributed by atoms with E-state index >= 15 is 0 Å². The first kappa shape index (κ1) is 17.7. The van der Waals surface area contributed by atoms with Gasteiger partial charge in [0.1, 0.15) is 12.3 Å². The number of rotatable bonds is 4. The third kappa shape index (κ3) is 3.07. The number of ether oxygens (including phenoxy) is 1. The van der Waals surface area contributed by atoms with Gasteiger partial charge in [-0.1, -0.05) is 12.1 Å². The van der Waals surface area contributed by atoms with Gasteiger partial charge in [0.2, 0.25) is 5.91 Å². The Bertz CT molecular complexity index is 757. The number of piperazine rings is 1. The molecule has 0 aromatic heterocycles. The smallest absolute Gasteiger partial charge is 0.334 e. The maximum atomic E-state index is 12.4. The summed E-state index contributed by atoms with van der Waals surface area (Å²) in [7, 11) is 2.83. The van der Waals surface area contributed by atoms with Gasteiger partial charge in [-0.2, -0.15) is 0 Å². The topological polar surface area (TPSA) is 90.5 Å². The Morgan fingerprint density at radius 3 is 2.27 bits per heavy atom. The number of anilines is 1. The highest BCUT2D eigenvalue weighted by molar-refractivity contribution is 6.44. The maximum Gasteiger partial charge on any atom is 0.334 e. The molecule has 2 heterocycles. The largest absolute Gasteiger partial charge is 0.495 e. The molecule has 138 valence electrons. The number of amides is 5. The molecule has 0 spiro atoms. The quantitative estimate of drug-likeness (QED) is 0.544. The van der Waals surface area contributed by atoms with Gasteiger partial charge in [0, 0.05) is 33.2 Å². The van der Waals surface area contributed by atoms with Crippen molar-refractivity contribution in [3.63, 3.8) is 0 Å². The number of likely N-dealkylation sites (N-methyl/N-ethyl adjacent to an activating group) is 1. The minimum absolute atomic E-state index is 0.352. The summed E-state index contributed by atoms with van der Waals surface area (Å²) in [6.45, 7) is 1.70. The molecule has 0 N–H and O–H groups in total. The van der Waals surface area contributed by atoms with Gasteiger partial charge in [-0.3, -0.25) is 19.3 Å². The van der Waals surface area contributed by atoms with E-state index in [-0.39, 0.29) is 5.91 Å². The summed E-state index contributed by atoms with van der Waals surface area (Å²) in [5.41, 5.74) is 0.958. The number of benzene rings is 1. The fraction of sp³-hybridized carbons (Fsp3) is 0.412. The average molecular weight is 360 g/mol. The fourth-order valence-corrected chi connectivity index (χ4v) is 3.08. The van der Waals surface area contributed by atoms with Crippen LogP contribution in [0.1, 0.15) is 0 Å². The number of carbonyl (C=O) groups is 4. The van der Waals surface area contributed by atoms with Crippen LogP contribution in [-0.2, 0) is 14.4 Å². The third-order valence-corrected chi connectivity index (χ3v) is 4.60. The Balaban J connectivity index is 1.60. The van der Waals surface area contributed by atoms with Crippen molar-refractivity contribution in [1.29, 1.82) is 0 Å². The summed E-state index contributed by atoms with van der Waals surface area (Å²) in [6, 6.07) is 6.89. The molecular formula is C17H20N4O5. The average Bonchev–Trinajstić information content (AvgIpc) is 2.86. The van der Waals surface area contributed by atoms with Crippen LogP contribution in [0.2, 0.25) is 0 Å². The molecule has 2 fully saturated rings.